The van der Waals surface area contributed by atoms with Gasteiger partial charge in [-0.05, 0) is 79.4 Å². The third-order valence-electron chi connectivity index (χ3n) is 9.64. The van der Waals surface area contributed by atoms with Crippen LogP contribution in [0.15, 0.2) is 11.6 Å². The van der Waals surface area contributed by atoms with Crippen LogP contribution in [0.3, 0.4) is 0 Å². The molecular formula is C25H38O4. The summed E-state index contributed by atoms with van der Waals surface area (Å²) in [5.41, 5.74) is 2.05. The van der Waals surface area contributed by atoms with Crippen LogP contribution in [-0.4, -0.2) is 25.2 Å². The molecule has 0 unspecified atom stereocenters. The highest BCUT2D eigenvalue weighted by Gasteiger charge is 2.59. The number of esters is 2. The molecule has 0 aliphatic heterocycles. The molecule has 4 rings (SSSR count). The molecule has 3 saturated carbocycles. The van der Waals surface area contributed by atoms with Crippen molar-refractivity contribution >= 4 is 11.9 Å². The maximum Gasteiger partial charge on any atom is 0.308 e. The lowest BCUT2D eigenvalue weighted by Gasteiger charge is -2.58. The second-order valence-electron chi connectivity index (χ2n) is 10.8. The van der Waals surface area contributed by atoms with E-state index in [1.54, 1.807) is 0 Å². The molecule has 0 heterocycles. The highest BCUT2D eigenvalue weighted by Crippen LogP contribution is 2.67. The van der Waals surface area contributed by atoms with E-state index in [4.69, 9.17) is 9.47 Å². The molecule has 0 spiro atoms. The lowest BCUT2D eigenvalue weighted by molar-refractivity contribution is -0.150. The van der Waals surface area contributed by atoms with Crippen molar-refractivity contribution in [3.05, 3.63) is 11.6 Å². The molecule has 0 aromatic heterocycles. The van der Waals surface area contributed by atoms with E-state index in [9.17, 15) is 9.59 Å². The first kappa shape index (κ1) is 20.9. The van der Waals surface area contributed by atoms with Crippen molar-refractivity contribution in [2.45, 2.75) is 85.2 Å². The van der Waals surface area contributed by atoms with E-state index in [-0.39, 0.29) is 34.8 Å². The third-order valence-corrected chi connectivity index (χ3v) is 9.64. The summed E-state index contributed by atoms with van der Waals surface area (Å²) < 4.78 is 10.7. The number of methoxy groups -OCH3 is 1. The minimum absolute atomic E-state index is 0.00370. The Labute approximate surface area is 175 Å². The molecule has 4 nitrogen and oxygen atoms in total. The van der Waals surface area contributed by atoms with Crippen LogP contribution in [0.4, 0.5) is 0 Å². The maximum atomic E-state index is 12.3. The molecular weight excluding hydrogens is 364 g/mol. The second-order valence-corrected chi connectivity index (χ2v) is 10.8. The van der Waals surface area contributed by atoms with E-state index in [1.165, 1.54) is 38.9 Å². The summed E-state index contributed by atoms with van der Waals surface area (Å²) in [5, 5.41) is 0. The van der Waals surface area contributed by atoms with Crippen molar-refractivity contribution in [3.8, 4) is 0 Å². The molecule has 0 aromatic carbocycles. The average molecular weight is 403 g/mol. The lowest BCUT2D eigenvalue weighted by atomic mass is 9.47. The fourth-order valence-corrected chi connectivity index (χ4v) is 8.17. The van der Waals surface area contributed by atoms with Gasteiger partial charge in [0.25, 0.3) is 0 Å². The minimum atomic E-state index is -0.155. The first-order valence-electron chi connectivity index (χ1n) is 11.6. The molecule has 4 heteroatoms. The maximum absolute atomic E-state index is 12.3. The number of ether oxygens (including phenoxy) is 2. The Morgan fingerprint density at radius 1 is 1.10 bits per heavy atom. The number of fused-ring (bicyclic) bond motifs is 5. The number of hydrogen-bond acceptors (Lipinski definition) is 4. The molecule has 3 fully saturated rings. The second kappa shape index (κ2) is 7.42. The molecule has 4 aliphatic rings. The summed E-state index contributed by atoms with van der Waals surface area (Å²) in [5.74, 6) is 2.40. The molecule has 4 aliphatic carbocycles. The predicted octanol–water partition coefficient (Wildman–Crippen LogP) is 5.31. The Morgan fingerprint density at radius 3 is 2.55 bits per heavy atom. The van der Waals surface area contributed by atoms with Crippen LogP contribution in [0.5, 0.6) is 0 Å². The molecule has 0 N–H and O–H groups in total. The zero-order valence-corrected chi connectivity index (χ0v) is 18.8. The van der Waals surface area contributed by atoms with Crippen LogP contribution in [0.25, 0.3) is 0 Å². The van der Waals surface area contributed by atoms with Gasteiger partial charge in [0.05, 0.1) is 13.0 Å². The average Bonchev–Trinajstić information content (AvgIpc) is 3.03. The van der Waals surface area contributed by atoms with E-state index in [0.29, 0.717) is 11.8 Å². The summed E-state index contributed by atoms with van der Waals surface area (Å²) in [6.07, 6.45) is 11.6. The zero-order chi connectivity index (χ0) is 21.0. The first-order chi connectivity index (χ1) is 13.7. The van der Waals surface area contributed by atoms with Crippen LogP contribution in [0, 0.1) is 40.4 Å². The predicted molar refractivity (Wildman–Crippen MR) is 112 cm³/mol. The summed E-state index contributed by atoms with van der Waals surface area (Å²) in [4.78, 5) is 23.7. The van der Waals surface area contributed by atoms with Crippen molar-refractivity contribution in [2.75, 3.05) is 7.11 Å². The van der Waals surface area contributed by atoms with E-state index in [2.05, 4.69) is 26.8 Å². The number of rotatable bonds is 3. The number of carbonyl (C=O) groups is 2. The quantitative estimate of drug-likeness (QED) is 0.474. The van der Waals surface area contributed by atoms with Gasteiger partial charge in [-0.25, -0.2) is 0 Å². The summed E-state index contributed by atoms with van der Waals surface area (Å²) in [6.45, 7) is 8.54. The normalized spacial score (nSPS) is 44.6. The summed E-state index contributed by atoms with van der Waals surface area (Å²) >= 11 is 0. The van der Waals surface area contributed by atoms with Gasteiger partial charge in [0.2, 0.25) is 0 Å². The van der Waals surface area contributed by atoms with Gasteiger partial charge >= 0.3 is 11.9 Å². The monoisotopic (exact) mass is 402 g/mol. The molecule has 0 radical (unpaired) electrons. The minimum Gasteiger partial charge on any atom is -0.469 e. The van der Waals surface area contributed by atoms with Gasteiger partial charge < -0.3 is 9.47 Å². The topological polar surface area (TPSA) is 52.6 Å². The summed E-state index contributed by atoms with van der Waals surface area (Å²) in [6, 6.07) is 0. The van der Waals surface area contributed by atoms with Crippen molar-refractivity contribution in [3.63, 3.8) is 0 Å². The van der Waals surface area contributed by atoms with Crippen molar-refractivity contribution in [2.24, 2.45) is 40.4 Å². The number of allylic oxidation sites excluding steroid dienone is 1. The van der Waals surface area contributed by atoms with Gasteiger partial charge in [-0.2, -0.15) is 0 Å². The van der Waals surface area contributed by atoms with Gasteiger partial charge in [-0.3, -0.25) is 9.59 Å². The van der Waals surface area contributed by atoms with Crippen LogP contribution in [-0.2, 0) is 19.1 Å². The lowest BCUT2D eigenvalue weighted by Crippen LogP contribution is -2.51. The summed E-state index contributed by atoms with van der Waals surface area (Å²) in [7, 11) is 1.52. The van der Waals surface area contributed by atoms with E-state index < -0.39 is 0 Å². The SMILES string of the molecule is COC(=O)[C@H](C)[C@@H]1CC[C@@H]2[C@H]3CC=C4C[C@@H](OC(C)=O)CC[C@]4(C)[C@@H]3CC[C@]21C. The molecule has 0 bridgehead atoms. The Bertz CT molecular complexity index is 712. The standard InChI is InChI=1S/C25H38O4/c1-15(23(27)28-5)20-8-9-21-19-7-6-17-14-18(29-16(2)26)10-12-24(17,3)22(19)11-13-25(20,21)4/h6,15,18-22H,7-14H2,1-5H3/t15-,18+,19-,20+,21-,22-,24+,25+/m1/s1. The fraction of sp³-hybridized carbons (Fsp3) is 0.840. The highest BCUT2D eigenvalue weighted by atomic mass is 16.5. The Hall–Kier alpha value is -1.32. The van der Waals surface area contributed by atoms with Crippen molar-refractivity contribution < 1.29 is 19.1 Å². The smallest absolute Gasteiger partial charge is 0.308 e. The number of carbonyl (C=O) groups excluding carboxylic acids is 2. The first-order valence-corrected chi connectivity index (χ1v) is 11.6. The van der Waals surface area contributed by atoms with E-state index in [0.717, 1.165) is 43.9 Å². The van der Waals surface area contributed by atoms with Crippen molar-refractivity contribution in [1.29, 1.82) is 0 Å². The molecule has 0 aromatic rings. The largest absolute Gasteiger partial charge is 0.469 e. The van der Waals surface area contributed by atoms with Crippen LogP contribution in [0.1, 0.15) is 79.1 Å². The van der Waals surface area contributed by atoms with Crippen LogP contribution < -0.4 is 0 Å². The molecule has 8 atom stereocenters. The Balaban J connectivity index is 1.56. The van der Waals surface area contributed by atoms with Crippen LogP contribution in [0.2, 0.25) is 0 Å². The molecule has 162 valence electrons. The van der Waals surface area contributed by atoms with Gasteiger partial charge in [-0.1, -0.05) is 32.4 Å². The number of hydrogen-bond donors (Lipinski definition) is 0. The van der Waals surface area contributed by atoms with Crippen molar-refractivity contribution in [1.82, 2.24) is 0 Å². The Kier molecular flexibility index (Phi) is 5.36. The molecule has 0 amide bonds. The van der Waals surface area contributed by atoms with Gasteiger partial charge in [0, 0.05) is 13.3 Å². The van der Waals surface area contributed by atoms with Gasteiger partial charge in [-0.15, -0.1) is 0 Å². The Morgan fingerprint density at radius 2 is 1.86 bits per heavy atom. The zero-order valence-electron chi connectivity index (χ0n) is 18.8. The molecule has 0 saturated heterocycles. The molecule has 29 heavy (non-hydrogen) atoms. The van der Waals surface area contributed by atoms with E-state index in [1.807, 2.05) is 0 Å². The highest BCUT2D eigenvalue weighted by molar-refractivity contribution is 5.72. The van der Waals surface area contributed by atoms with Gasteiger partial charge in [0.15, 0.2) is 0 Å². The van der Waals surface area contributed by atoms with Crippen LogP contribution >= 0.6 is 0 Å². The van der Waals surface area contributed by atoms with Gasteiger partial charge in [0.1, 0.15) is 6.10 Å². The fourth-order valence-electron chi connectivity index (χ4n) is 8.17. The van der Waals surface area contributed by atoms with E-state index >= 15 is 0 Å². The third kappa shape index (κ3) is 3.25.